The fraction of sp³-hybridized carbons (Fsp3) is 0.400. The summed E-state index contributed by atoms with van der Waals surface area (Å²) in [4.78, 5) is 23.8. The van der Waals surface area contributed by atoms with Crippen molar-refractivity contribution in [2.24, 2.45) is 0 Å². The highest BCUT2D eigenvalue weighted by Crippen LogP contribution is 2.33. The number of aromatic nitrogens is 5. The molecular formula is C20H24N6O. The monoisotopic (exact) mass is 364 g/mol. The summed E-state index contributed by atoms with van der Waals surface area (Å²) < 4.78 is 3.98. The summed E-state index contributed by atoms with van der Waals surface area (Å²) in [6, 6.07) is 5.78. The molecule has 0 N–H and O–H groups in total. The molecule has 1 aliphatic heterocycles. The van der Waals surface area contributed by atoms with Gasteiger partial charge in [0.05, 0.1) is 12.6 Å². The second-order valence-corrected chi connectivity index (χ2v) is 6.92. The molecule has 7 heteroatoms. The van der Waals surface area contributed by atoms with Crippen molar-refractivity contribution in [2.75, 3.05) is 6.54 Å². The van der Waals surface area contributed by atoms with Gasteiger partial charge in [-0.1, -0.05) is 6.07 Å². The number of imidazole rings is 1. The minimum atomic E-state index is -0.0188. The van der Waals surface area contributed by atoms with Crippen LogP contribution >= 0.6 is 0 Å². The Morgan fingerprint density at radius 1 is 1.30 bits per heavy atom. The van der Waals surface area contributed by atoms with Crippen LogP contribution in [-0.2, 0) is 13.1 Å². The first-order chi connectivity index (χ1) is 13.2. The lowest BCUT2D eigenvalue weighted by atomic mass is 10.2. The Hall–Kier alpha value is -2.96. The topological polar surface area (TPSA) is 68.8 Å². The fourth-order valence-corrected chi connectivity index (χ4v) is 3.70. The van der Waals surface area contributed by atoms with E-state index in [4.69, 9.17) is 0 Å². The van der Waals surface area contributed by atoms with Crippen LogP contribution in [0.1, 0.15) is 53.4 Å². The van der Waals surface area contributed by atoms with Crippen molar-refractivity contribution >= 4 is 5.91 Å². The number of amides is 1. The van der Waals surface area contributed by atoms with E-state index in [0.717, 1.165) is 43.0 Å². The second kappa shape index (κ2) is 7.34. The van der Waals surface area contributed by atoms with E-state index in [9.17, 15) is 4.79 Å². The predicted octanol–water partition coefficient (Wildman–Crippen LogP) is 2.83. The molecule has 1 atom stereocenters. The summed E-state index contributed by atoms with van der Waals surface area (Å²) >= 11 is 0. The zero-order valence-electron chi connectivity index (χ0n) is 15.7. The van der Waals surface area contributed by atoms with Crippen molar-refractivity contribution in [2.45, 2.75) is 45.8 Å². The lowest BCUT2D eigenvalue weighted by molar-refractivity contribution is 0.0720. The van der Waals surface area contributed by atoms with E-state index in [1.54, 1.807) is 16.9 Å². The Labute approximate surface area is 158 Å². The van der Waals surface area contributed by atoms with Crippen molar-refractivity contribution in [1.29, 1.82) is 0 Å². The van der Waals surface area contributed by atoms with Crippen molar-refractivity contribution in [1.82, 2.24) is 29.2 Å². The number of pyridine rings is 1. The van der Waals surface area contributed by atoms with Crippen molar-refractivity contribution < 1.29 is 4.79 Å². The van der Waals surface area contributed by atoms with Gasteiger partial charge in [-0.15, -0.1) is 0 Å². The first-order valence-electron chi connectivity index (χ1n) is 9.42. The smallest absolute Gasteiger partial charge is 0.274 e. The Kier molecular flexibility index (Phi) is 4.75. The number of carbonyl (C=O) groups excluding carboxylic acids is 1. The number of rotatable bonds is 5. The maximum absolute atomic E-state index is 13.0. The van der Waals surface area contributed by atoms with Gasteiger partial charge in [-0.3, -0.25) is 14.5 Å². The van der Waals surface area contributed by atoms with Gasteiger partial charge in [0, 0.05) is 43.6 Å². The molecule has 140 valence electrons. The Bertz CT molecular complexity index is 929. The minimum absolute atomic E-state index is 0.0155. The molecule has 0 aromatic carbocycles. The van der Waals surface area contributed by atoms with Crippen molar-refractivity contribution in [3.8, 4) is 0 Å². The molecule has 1 amide bonds. The molecule has 1 saturated heterocycles. The van der Waals surface area contributed by atoms with E-state index in [0.29, 0.717) is 12.2 Å². The van der Waals surface area contributed by atoms with E-state index in [-0.39, 0.29) is 11.9 Å². The average molecular weight is 364 g/mol. The first kappa shape index (κ1) is 17.5. The van der Waals surface area contributed by atoms with Gasteiger partial charge in [0.25, 0.3) is 5.91 Å². The number of aryl methyl sites for hydroxylation is 2. The van der Waals surface area contributed by atoms with Gasteiger partial charge in [0.1, 0.15) is 11.5 Å². The second-order valence-electron chi connectivity index (χ2n) is 6.92. The summed E-state index contributed by atoms with van der Waals surface area (Å²) in [6.45, 7) is 6.26. The molecular weight excluding hydrogens is 340 g/mol. The third kappa shape index (κ3) is 3.37. The highest BCUT2D eigenvalue weighted by Gasteiger charge is 2.34. The third-order valence-corrected chi connectivity index (χ3v) is 5.14. The lowest BCUT2D eigenvalue weighted by Gasteiger charge is -2.24. The molecule has 1 aliphatic rings. The van der Waals surface area contributed by atoms with Gasteiger partial charge in [-0.25, -0.2) is 4.98 Å². The zero-order valence-corrected chi connectivity index (χ0v) is 15.7. The maximum atomic E-state index is 13.0. The normalized spacial score (nSPS) is 16.8. The first-order valence-corrected chi connectivity index (χ1v) is 9.42. The van der Waals surface area contributed by atoms with E-state index in [1.165, 1.54) is 0 Å². The van der Waals surface area contributed by atoms with Crippen molar-refractivity contribution in [3.63, 3.8) is 0 Å². The molecule has 0 saturated carbocycles. The highest BCUT2D eigenvalue weighted by atomic mass is 16.2. The average Bonchev–Trinajstić information content (AvgIpc) is 3.42. The molecule has 3 aromatic rings. The fourth-order valence-electron chi connectivity index (χ4n) is 3.70. The molecule has 4 heterocycles. The van der Waals surface area contributed by atoms with E-state index in [1.807, 2.05) is 36.5 Å². The molecule has 0 aliphatic carbocycles. The van der Waals surface area contributed by atoms with Gasteiger partial charge >= 0.3 is 0 Å². The number of nitrogens with zero attached hydrogens (tertiary/aromatic N) is 6. The molecule has 4 rings (SSSR count). The van der Waals surface area contributed by atoms with E-state index < -0.39 is 0 Å². The number of hydrogen-bond donors (Lipinski definition) is 0. The number of hydrogen-bond acceptors (Lipinski definition) is 4. The molecule has 1 fully saturated rings. The molecule has 7 nitrogen and oxygen atoms in total. The highest BCUT2D eigenvalue weighted by molar-refractivity contribution is 5.92. The SMILES string of the molecule is CCn1ccc(C(=O)N2CCCC2c2ncc(C)n2Cc2cccnc2)n1. The van der Waals surface area contributed by atoms with Gasteiger partial charge in [-0.2, -0.15) is 5.10 Å². The Morgan fingerprint density at radius 3 is 2.93 bits per heavy atom. The van der Waals surface area contributed by atoms with Crippen LogP contribution in [0.3, 0.4) is 0 Å². The summed E-state index contributed by atoms with van der Waals surface area (Å²) in [7, 11) is 0. The van der Waals surface area contributed by atoms with Crippen molar-refractivity contribution in [3.05, 3.63) is 65.8 Å². The van der Waals surface area contributed by atoms with Crippen LogP contribution in [0, 0.1) is 6.92 Å². The summed E-state index contributed by atoms with van der Waals surface area (Å²) in [5, 5.41) is 4.39. The summed E-state index contributed by atoms with van der Waals surface area (Å²) in [5.74, 6) is 0.926. The van der Waals surface area contributed by atoms with Crippen LogP contribution in [0.2, 0.25) is 0 Å². The summed E-state index contributed by atoms with van der Waals surface area (Å²) in [6.07, 6.45) is 9.29. The standard InChI is InChI=1S/C20H24N6O/c1-3-24-11-8-17(23-24)20(27)25-10-5-7-18(25)19-22-12-15(2)26(19)14-16-6-4-9-21-13-16/h4,6,8-9,11-13,18H,3,5,7,10,14H2,1-2H3. The van der Waals surface area contributed by atoms with Crippen LogP contribution in [0.4, 0.5) is 0 Å². The van der Waals surface area contributed by atoms with Gasteiger partial charge in [-0.05, 0) is 44.4 Å². The van der Waals surface area contributed by atoms with Gasteiger partial charge < -0.3 is 9.47 Å². The van der Waals surface area contributed by atoms with Crippen LogP contribution in [-0.4, -0.2) is 41.7 Å². The zero-order chi connectivity index (χ0) is 18.8. The van der Waals surface area contributed by atoms with Crippen LogP contribution in [0.5, 0.6) is 0 Å². The van der Waals surface area contributed by atoms with E-state index in [2.05, 4.69) is 32.6 Å². The number of carbonyl (C=O) groups is 1. The lowest BCUT2D eigenvalue weighted by Crippen LogP contribution is -2.32. The molecule has 0 bridgehead atoms. The molecule has 27 heavy (non-hydrogen) atoms. The summed E-state index contributed by atoms with van der Waals surface area (Å²) in [5.41, 5.74) is 2.71. The van der Waals surface area contributed by atoms with Crippen LogP contribution in [0.15, 0.2) is 43.0 Å². The predicted molar refractivity (Wildman–Crippen MR) is 101 cm³/mol. The maximum Gasteiger partial charge on any atom is 0.274 e. The largest absolute Gasteiger partial charge is 0.327 e. The van der Waals surface area contributed by atoms with Gasteiger partial charge in [0.2, 0.25) is 0 Å². The minimum Gasteiger partial charge on any atom is -0.327 e. The Morgan fingerprint density at radius 2 is 2.19 bits per heavy atom. The third-order valence-electron chi connectivity index (χ3n) is 5.14. The van der Waals surface area contributed by atoms with E-state index >= 15 is 0 Å². The molecule has 0 spiro atoms. The molecule has 1 unspecified atom stereocenters. The quantitative estimate of drug-likeness (QED) is 0.698. The van der Waals surface area contributed by atoms with Crippen LogP contribution < -0.4 is 0 Å². The molecule has 3 aromatic heterocycles. The molecule has 0 radical (unpaired) electrons. The van der Waals surface area contributed by atoms with Crippen LogP contribution in [0.25, 0.3) is 0 Å². The number of likely N-dealkylation sites (tertiary alicyclic amines) is 1. The van der Waals surface area contributed by atoms with Gasteiger partial charge in [0.15, 0.2) is 0 Å². The Balaban J connectivity index is 1.61.